The predicted octanol–water partition coefficient (Wildman–Crippen LogP) is 0.0143. The van der Waals surface area contributed by atoms with E-state index in [1.54, 1.807) is 12.1 Å². The molecule has 0 spiro atoms. The summed E-state index contributed by atoms with van der Waals surface area (Å²) >= 11 is 0. The van der Waals surface area contributed by atoms with Crippen LogP contribution in [0.15, 0.2) is 41.7 Å². The van der Waals surface area contributed by atoms with Crippen molar-refractivity contribution in [1.29, 1.82) is 0 Å². The van der Waals surface area contributed by atoms with Gasteiger partial charge in [0.15, 0.2) is 0 Å². The van der Waals surface area contributed by atoms with Crippen molar-refractivity contribution in [2.45, 2.75) is 18.9 Å². The summed E-state index contributed by atoms with van der Waals surface area (Å²) in [6.45, 7) is 0.467. The SMILES string of the molecule is CN(C1CCCN(c2ccc(-n3ccncc3=O)cn2)C1=O)S(C)(=O)=O. The van der Waals surface area contributed by atoms with Gasteiger partial charge in [-0.25, -0.2) is 13.4 Å². The Morgan fingerprint density at radius 3 is 2.62 bits per heavy atom. The first kappa shape index (κ1) is 18.2. The number of amides is 1. The van der Waals surface area contributed by atoms with Crippen molar-refractivity contribution in [2.75, 3.05) is 24.7 Å². The zero-order valence-corrected chi connectivity index (χ0v) is 15.3. The molecule has 0 saturated carbocycles. The largest absolute Gasteiger partial charge is 0.295 e. The van der Waals surface area contributed by atoms with E-state index in [0.29, 0.717) is 30.9 Å². The van der Waals surface area contributed by atoms with Gasteiger partial charge in [0.25, 0.3) is 5.56 Å². The second-order valence-corrected chi connectivity index (χ2v) is 8.13. The molecule has 3 rings (SSSR count). The number of piperidine rings is 1. The van der Waals surface area contributed by atoms with Crippen molar-refractivity contribution in [1.82, 2.24) is 18.8 Å². The molecule has 138 valence electrons. The van der Waals surface area contributed by atoms with Crippen molar-refractivity contribution in [3.63, 3.8) is 0 Å². The molecule has 0 aliphatic carbocycles. The molecule has 26 heavy (non-hydrogen) atoms. The van der Waals surface area contributed by atoms with Gasteiger partial charge in [0.2, 0.25) is 15.9 Å². The zero-order chi connectivity index (χ0) is 18.9. The van der Waals surface area contributed by atoms with Gasteiger partial charge < -0.3 is 0 Å². The van der Waals surface area contributed by atoms with Crippen molar-refractivity contribution in [3.8, 4) is 5.69 Å². The molecular formula is C16H19N5O4S. The molecular weight excluding hydrogens is 358 g/mol. The average Bonchev–Trinajstić information content (AvgIpc) is 2.61. The van der Waals surface area contributed by atoms with Gasteiger partial charge in [0, 0.05) is 26.0 Å². The third-order valence-electron chi connectivity index (χ3n) is 4.38. The van der Waals surface area contributed by atoms with Crippen LogP contribution in [0, 0.1) is 0 Å². The summed E-state index contributed by atoms with van der Waals surface area (Å²) in [5, 5.41) is 0. The Kier molecular flexibility index (Phi) is 4.88. The summed E-state index contributed by atoms with van der Waals surface area (Å²) in [5.41, 5.74) is 0.265. The highest BCUT2D eigenvalue weighted by molar-refractivity contribution is 7.88. The third-order valence-corrected chi connectivity index (χ3v) is 5.68. The van der Waals surface area contributed by atoms with Crippen LogP contribution in [0.4, 0.5) is 5.82 Å². The Morgan fingerprint density at radius 2 is 2.00 bits per heavy atom. The lowest BCUT2D eigenvalue weighted by molar-refractivity contribution is -0.123. The molecule has 0 aromatic carbocycles. The van der Waals surface area contributed by atoms with E-state index in [1.165, 1.54) is 41.3 Å². The average molecular weight is 377 g/mol. The van der Waals surface area contributed by atoms with Crippen LogP contribution in [-0.4, -0.2) is 59.1 Å². The summed E-state index contributed by atoms with van der Waals surface area (Å²) in [6.07, 6.45) is 7.95. The van der Waals surface area contributed by atoms with Crippen LogP contribution in [0.1, 0.15) is 12.8 Å². The number of carbonyl (C=O) groups is 1. The van der Waals surface area contributed by atoms with Gasteiger partial charge >= 0.3 is 0 Å². The Bertz CT molecular complexity index is 971. The van der Waals surface area contributed by atoms with Gasteiger partial charge in [-0.3, -0.25) is 24.0 Å². The van der Waals surface area contributed by atoms with Crippen LogP contribution in [0.25, 0.3) is 5.69 Å². The highest BCUT2D eigenvalue weighted by Crippen LogP contribution is 2.23. The second kappa shape index (κ2) is 6.96. The number of anilines is 1. The molecule has 3 heterocycles. The zero-order valence-electron chi connectivity index (χ0n) is 14.4. The van der Waals surface area contributed by atoms with E-state index in [2.05, 4.69) is 9.97 Å². The van der Waals surface area contributed by atoms with E-state index in [4.69, 9.17) is 0 Å². The lowest BCUT2D eigenvalue weighted by atomic mass is 10.1. The van der Waals surface area contributed by atoms with Crippen LogP contribution in [-0.2, 0) is 14.8 Å². The summed E-state index contributed by atoms with van der Waals surface area (Å²) in [6, 6.07) is 2.59. The van der Waals surface area contributed by atoms with E-state index in [1.807, 2.05) is 0 Å². The molecule has 0 radical (unpaired) electrons. The molecule has 0 N–H and O–H groups in total. The third kappa shape index (κ3) is 3.51. The number of likely N-dealkylation sites (N-methyl/N-ethyl adjacent to an activating group) is 1. The Labute approximate surface area is 151 Å². The summed E-state index contributed by atoms with van der Waals surface area (Å²) in [5.74, 6) is 0.123. The maximum Gasteiger partial charge on any atom is 0.273 e. The fourth-order valence-corrected chi connectivity index (χ4v) is 3.55. The standard InChI is InChI=1S/C16H19N5O4S/c1-19(26(2,24)25)13-4-3-8-21(16(13)23)14-6-5-12(10-18-14)20-9-7-17-11-15(20)22/h5-7,9-11,13H,3-4,8H2,1-2H3. The quantitative estimate of drug-likeness (QED) is 0.743. The first-order chi connectivity index (χ1) is 12.3. The second-order valence-electron chi connectivity index (χ2n) is 6.09. The predicted molar refractivity (Wildman–Crippen MR) is 95.6 cm³/mol. The molecule has 2 aromatic rings. The Balaban J connectivity index is 1.86. The number of hydrogen-bond donors (Lipinski definition) is 0. The minimum absolute atomic E-state index is 0.286. The maximum absolute atomic E-state index is 12.7. The molecule has 1 unspecified atom stereocenters. The number of pyridine rings is 1. The van der Waals surface area contributed by atoms with Gasteiger partial charge in [-0.05, 0) is 25.0 Å². The topological polar surface area (TPSA) is 105 Å². The van der Waals surface area contributed by atoms with Crippen LogP contribution >= 0.6 is 0 Å². The van der Waals surface area contributed by atoms with Crippen molar-refractivity contribution < 1.29 is 13.2 Å². The number of carbonyl (C=O) groups excluding carboxylic acids is 1. The van der Waals surface area contributed by atoms with Crippen molar-refractivity contribution >= 4 is 21.7 Å². The molecule has 2 aromatic heterocycles. The summed E-state index contributed by atoms with van der Waals surface area (Å²) < 4.78 is 26.0. The van der Waals surface area contributed by atoms with E-state index >= 15 is 0 Å². The normalized spacial score (nSPS) is 18.3. The molecule has 1 amide bonds. The lowest BCUT2D eigenvalue weighted by Gasteiger charge is -2.35. The van der Waals surface area contributed by atoms with E-state index in [9.17, 15) is 18.0 Å². The number of rotatable bonds is 4. The van der Waals surface area contributed by atoms with Gasteiger partial charge in [0.1, 0.15) is 11.9 Å². The molecule has 1 fully saturated rings. The van der Waals surface area contributed by atoms with Gasteiger partial charge in [-0.2, -0.15) is 4.31 Å². The van der Waals surface area contributed by atoms with Crippen molar-refractivity contribution in [2.24, 2.45) is 0 Å². The number of aromatic nitrogens is 3. The van der Waals surface area contributed by atoms with E-state index in [0.717, 1.165) is 10.6 Å². The molecule has 9 nitrogen and oxygen atoms in total. The Hall–Kier alpha value is -2.59. The van der Waals surface area contributed by atoms with E-state index in [-0.39, 0.29) is 11.5 Å². The Morgan fingerprint density at radius 1 is 1.23 bits per heavy atom. The fourth-order valence-electron chi connectivity index (χ4n) is 2.89. The van der Waals surface area contributed by atoms with Crippen LogP contribution in [0.3, 0.4) is 0 Å². The molecule has 1 saturated heterocycles. The molecule has 1 atom stereocenters. The summed E-state index contributed by atoms with van der Waals surface area (Å²) in [4.78, 5) is 34.1. The monoisotopic (exact) mass is 377 g/mol. The molecule has 1 aliphatic heterocycles. The van der Waals surface area contributed by atoms with Crippen molar-refractivity contribution in [3.05, 3.63) is 47.3 Å². The molecule has 1 aliphatic rings. The van der Waals surface area contributed by atoms with Crippen LogP contribution < -0.4 is 10.5 Å². The van der Waals surface area contributed by atoms with Gasteiger partial charge in [0.05, 0.1) is 24.3 Å². The number of hydrogen-bond acceptors (Lipinski definition) is 6. The first-order valence-electron chi connectivity index (χ1n) is 8.02. The minimum Gasteiger partial charge on any atom is -0.295 e. The van der Waals surface area contributed by atoms with E-state index < -0.39 is 16.1 Å². The lowest BCUT2D eigenvalue weighted by Crippen LogP contribution is -2.53. The molecule has 0 bridgehead atoms. The highest BCUT2D eigenvalue weighted by Gasteiger charge is 2.36. The first-order valence-corrected chi connectivity index (χ1v) is 9.87. The minimum atomic E-state index is -3.47. The van der Waals surface area contributed by atoms with Crippen LogP contribution in [0.5, 0.6) is 0 Å². The highest BCUT2D eigenvalue weighted by atomic mass is 32.2. The number of nitrogens with zero attached hydrogens (tertiary/aromatic N) is 5. The number of sulfonamides is 1. The maximum atomic E-state index is 12.7. The van der Waals surface area contributed by atoms with Crippen LogP contribution in [0.2, 0.25) is 0 Å². The summed E-state index contributed by atoms with van der Waals surface area (Å²) in [7, 11) is -2.06. The smallest absolute Gasteiger partial charge is 0.273 e. The fraction of sp³-hybridized carbons (Fsp3) is 0.375. The molecule has 10 heteroatoms. The van der Waals surface area contributed by atoms with Gasteiger partial charge in [-0.15, -0.1) is 0 Å². The van der Waals surface area contributed by atoms with Gasteiger partial charge in [-0.1, -0.05) is 0 Å².